The number of benzene rings is 1. The molecule has 1 saturated heterocycles. The Balaban J connectivity index is 1.49. The molecule has 7 heteroatoms. The standard InChI is InChI=1S/C17H22N2O5/c20-16(9-19-7-12-3-1-2-4-13(12)8-19)18-14-10-23-6-5-15(14)24-11-17(21)22/h1-4,14-15H,5-11H2,(H,18,20)(H,21,22)/t14-,15+/m0/s1. The Hall–Kier alpha value is -1.96. The SMILES string of the molecule is O=C(O)CO[C@@H]1CCOC[C@@H]1NC(=O)CN1Cc2ccccc2C1. The minimum absolute atomic E-state index is 0.0952. The molecule has 2 heterocycles. The molecule has 0 radical (unpaired) electrons. The van der Waals surface area contributed by atoms with E-state index in [0.29, 0.717) is 26.2 Å². The minimum atomic E-state index is -1.01. The Morgan fingerprint density at radius 2 is 2.00 bits per heavy atom. The van der Waals surface area contributed by atoms with Gasteiger partial charge in [-0.05, 0) is 17.5 Å². The molecule has 0 aromatic heterocycles. The van der Waals surface area contributed by atoms with Crippen molar-refractivity contribution in [3.05, 3.63) is 35.4 Å². The number of amides is 1. The highest BCUT2D eigenvalue weighted by molar-refractivity contribution is 5.78. The predicted octanol–water partition coefficient (Wildman–Crippen LogP) is 0.377. The summed E-state index contributed by atoms with van der Waals surface area (Å²) < 4.78 is 10.8. The molecule has 1 aromatic rings. The van der Waals surface area contributed by atoms with Crippen LogP contribution in [0, 0.1) is 0 Å². The fourth-order valence-corrected chi connectivity index (χ4v) is 3.20. The molecule has 0 saturated carbocycles. The zero-order valence-electron chi connectivity index (χ0n) is 13.4. The van der Waals surface area contributed by atoms with Crippen LogP contribution in [0.4, 0.5) is 0 Å². The number of nitrogens with zero attached hydrogens (tertiary/aromatic N) is 1. The number of carboxylic acids is 1. The van der Waals surface area contributed by atoms with Crippen LogP contribution in [0.1, 0.15) is 17.5 Å². The molecule has 3 rings (SSSR count). The monoisotopic (exact) mass is 334 g/mol. The van der Waals surface area contributed by atoms with E-state index in [1.807, 2.05) is 12.1 Å². The number of hydrogen-bond acceptors (Lipinski definition) is 5. The summed E-state index contributed by atoms with van der Waals surface area (Å²) in [5.41, 5.74) is 2.52. The van der Waals surface area contributed by atoms with Gasteiger partial charge in [0.05, 0.1) is 25.3 Å². The van der Waals surface area contributed by atoms with Crippen LogP contribution >= 0.6 is 0 Å². The van der Waals surface area contributed by atoms with Gasteiger partial charge >= 0.3 is 5.97 Å². The largest absolute Gasteiger partial charge is 0.480 e. The number of nitrogens with one attached hydrogen (secondary N) is 1. The van der Waals surface area contributed by atoms with Gasteiger partial charge in [-0.1, -0.05) is 24.3 Å². The van der Waals surface area contributed by atoms with Crippen LogP contribution in [0.3, 0.4) is 0 Å². The number of carbonyl (C=O) groups is 2. The summed E-state index contributed by atoms with van der Waals surface area (Å²) in [4.78, 5) is 25.1. The third kappa shape index (κ3) is 4.31. The van der Waals surface area contributed by atoms with Crippen molar-refractivity contribution in [2.75, 3.05) is 26.4 Å². The first-order valence-corrected chi connectivity index (χ1v) is 8.11. The highest BCUT2D eigenvalue weighted by Crippen LogP contribution is 2.21. The predicted molar refractivity (Wildman–Crippen MR) is 85.3 cm³/mol. The van der Waals surface area contributed by atoms with E-state index in [1.54, 1.807) is 0 Å². The van der Waals surface area contributed by atoms with Crippen molar-refractivity contribution in [2.24, 2.45) is 0 Å². The van der Waals surface area contributed by atoms with Crippen molar-refractivity contribution in [3.63, 3.8) is 0 Å². The van der Waals surface area contributed by atoms with Gasteiger partial charge in [-0.3, -0.25) is 9.69 Å². The molecule has 24 heavy (non-hydrogen) atoms. The molecule has 2 aliphatic heterocycles. The van der Waals surface area contributed by atoms with Gasteiger partial charge in [0.1, 0.15) is 6.61 Å². The van der Waals surface area contributed by atoms with E-state index in [4.69, 9.17) is 14.6 Å². The van der Waals surface area contributed by atoms with Crippen LogP contribution in [0.15, 0.2) is 24.3 Å². The van der Waals surface area contributed by atoms with E-state index >= 15 is 0 Å². The molecule has 1 aromatic carbocycles. The van der Waals surface area contributed by atoms with Gasteiger partial charge in [0, 0.05) is 19.7 Å². The lowest BCUT2D eigenvalue weighted by Gasteiger charge is -2.32. The number of aliphatic carboxylic acids is 1. The molecule has 1 fully saturated rings. The van der Waals surface area contributed by atoms with Crippen molar-refractivity contribution in [2.45, 2.75) is 31.7 Å². The number of carbonyl (C=O) groups excluding carboxylic acids is 1. The molecule has 1 amide bonds. The van der Waals surface area contributed by atoms with Crippen LogP contribution in [-0.2, 0) is 32.2 Å². The van der Waals surface area contributed by atoms with Crippen LogP contribution < -0.4 is 5.32 Å². The Bertz CT molecular complexity index is 581. The number of fused-ring (bicyclic) bond motifs is 1. The lowest BCUT2D eigenvalue weighted by Crippen LogP contribution is -2.52. The Kier molecular flexibility index (Phi) is 5.44. The van der Waals surface area contributed by atoms with Crippen molar-refractivity contribution in [3.8, 4) is 0 Å². The quantitative estimate of drug-likeness (QED) is 0.782. The van der Waals surface area contributed by atoms with Gasteiger partial charge in [-0.15, -0.1) is 0 Å². The zero-order valence-corrected chi connectivity index (χ0v) is 13.4. The van der Waals surface area contributed by atoms with Gasteiger partial charge in [-0.2, -0.15) is 0 Å². The van der Waals surface area contributed by atoms with Gasteiger partial charge in [0.25, 0.3) is 0 Å². The molecule has 2 atom stereocenters. The Morgan fingerprint density at radius 1 is 1.29 bits per heavy atom. The number of hydrogen-bond donors (Lipinski definition) is 2. The molecule has 2 N–H and O–H groups in total. The fourth-order valence-electron chi connectivity index (χ4n) is 3.20. The second kappa shape index (κ2) is 7.74. The average Bonchev–Trinajstić information content (AvgIpc) is 2.96. The molecule has 7 nitrogen and oxygen atoms in total. The van der Waals surface area contributed by atoms with E-state index in [-0.39, 0.29) is 24.7 Å². The maximum atomic E-state index is 12.3. The van der Waals surface area contributed by atoms with E-state index in [1.165, 1.54) is 11.1 Å². The molecular formula is C17H22N2O5. The van der Waals surface area contributed by atoms with Crippen LogP contribution in [0.2, 0.25) is 0 Å². The lowest BCUT2D eigenvalue weighted by atomic mass is 10.1. The van der Waals surface area contributed by atoms with Crippen molar-refractivity contribution < 1.29 is 24.2 Å². The lowest BCUT2D eigenvalue weighted by molar-refractivity contribution is -0.148. The third-order valence-electron chi connectivity index (χ3n) is 4.33. The van der Waals surface area contributed by atoms with Crippen LogP contribution in [0.5, 0.6) is 0 Å². The van der Waals surface area contributed by atoms with Gasteiger partial charge in [0.15, 0.2) is 0 Å². The Labute approximate surface area is 140 Å². The summed E-state index contributed by atoms with van der Waals surface area (Å²) in [5, 5.41) is 11.7. The maximum Gasteiger partial charge on any atom is 0.329 e. The summed E-state index contributed by atoms with van der Waals surface area (Å²) in [6.07, 6.45) is 0.252. The molecule has 2 aliphatic rings. The summed E-state index contributed by atoms with van der Waals surface area (Å²) in [5.74, 6) is -1.11. The molecular weight excluding hydrogens is 312 g/mol. The zero-order chi connectivity index (χ0) is 16.9. The first kappa shape index (κ1) is 16.9. The molecule has 0 spiro atoms. The summed E-state index contributed by atoms with van der Waals surface area (Å²) >= 11 is 0. The smallest absolute Gasteiger partial charge is 0.329 e. The van der Waals surface area contributed by atoms with Crippen molar-refractivity contribution in [1.29, 1.82) is 0 Å². The highest BCUT2D eigenvalue weighted by Gasteiger charge is 2.29. The first-order chi connectivity index (χ1) is 11.6. The van der Waals surface area contributed by atoms with Crippen LogP contribution in [-0.4, -0.2) is 60.4 Å². The summed E-state index contributed by atoms with van der Waals surface area (Å²) in [6.45, 7) is 2.33. The second-order valence-electron chi connectivity index (χ2n) is 6.19. The van der Waals surface area contributed by atoms with E-state index in [2.05, 4.69) is 22.3 Å². The molecule has 0 aliphatic carbocycles. The third-order valence-corrected chi connectivity index (χ3v) is 4.33. The normalized spacial score (nSPS) is 23.7. The van der Waals surface area contributed by atoms with Crippen molar-refractivity contribution in [1.82, 2.24) is 10.2 Å². The van der Waals surface area contributed by atoms with Gasteiger partial charge in [0.2, 0.25) is 5.91 Å². The molecule has 0 bridgehead atoms. The summed E-state index contributed by atoms with van der Waals surface area (Å²) in [7, 11) is 0. The highest BCUT2D eigenvalue weighted by atomic mass is 16.5. The van der Waals surface area contributed by atoms with E-state index < -0.39 is 5.97 Å². The second-order valence-corrected chi connectivity index (χ2v) is 6.19. The van der Waals surface area contributed by atoms with Crippen LogP contribution in [0.25, 0.3) is 0 Å². The van der Waals surface area contributed by atoms with Gasteiger partial charge < -0.3 is 19.9 Å². The fraction of sp³-hybridized carbons (Fsp3) is 0.529. The Morgan fingerprint density at radius 3 is 2.67 bits per heavy atom. The van der Waals surface area contributed by atoms with Crippen molar-refractivity contribution >= 4 is 11.9 Å². The first-order valence-electron chi connectivity index (χ1n) is 8.11. The van der Waals surface area contributed by atoms with Gasteiger partial charge in [-0.25, -0.2) is 4.79 Å². The number of carboxylic acid groups (broad SMARTS) is 1. The van der Waals surface area contributed by atoms with E-state index in [0.717, 1.165) is 13.1 Å². The number of rotatable bonds is 6. The average molecular weight is 334 g/mol. The minimum Gasteiger partial charge on any atom is -0.480 e. The maximum absolute atomic E-state index is 12.3. The molecule has 0 unspecified atom stereocenters. The summed E-state index contributed by atoms with van der Waals surface area (Å²) in [6, 6.07) is 7.87. The number of ether oxygens (including phenoxy) is 2. The van der Waals surface area contributed by atoms with E-state index in [9.17, 15) is 9.59 Å². The topological polar surface area (TPSA) is 88.1 Å². The molecule has 130 valence electrons.